The highest BCUT2D eigenvalue weighted by molar-refractivity contribution is 9.10. The molecule has 2 aromatic rings. The summed E-state index contributed by atoms with van der Waals surface area (Å²) in [5.41, 5.74) is 2.00. The van der Waals surface area contributed by atoms with E-state index < -0.39 is 0 Å². The first-order valence-electron chi connectivity index (χ1n) is 5.76. The zero-order chi connectivity index (χ0) is 13.0. The van der Waals surface area contributed by atoms with Gasteiger partial charge < -0.3 is 10.1 Å². The Labute approximate surface area is 119 Å². The Bertz CT molecular complexity index is 527. The van der Waals surface area contributed by atoms with Crippen molar-refractivity contribution in [2.45, 2.75) is 13.5 Å². The van der Waals surface area contributed by atoms with Gasteiger partial charge >= 0.3 is 0 Å². The summed E-state index contributed by atoms with van der Waals surface area (Å²) in [7, 11) is 1.92. The maximum Gasteiger partial charge on any atom is 0.128 e. The number of aromatic nitrogens is 1. The van der Waals surface area contributed by atoms with Crippen molar-refractivity contribution in [3.8, 4) is 17.0 Å². The Hall–Kier alpha value is -0.910. The second-order valence-electron chi connectivity index (χ2n) is 3.73. The van der Waals surface area contributed by atoms with E-state index in [-0.39, 0.29) is 0 Å². The van der Waals surface area contributed by atoms with Crippen molar-refractivity contribution >= 4 is 27.3 Å². The minimum absolute atomic E-state index is 0.655. The standard InChI is InChI=1S/C13H15BrN2OS/c1-3-17-12-5-4-9(14)6-10(12)11-8-18-13(16-11)7-15-2/h4-6,8,15H,3,7H2,1-2H3. The fourth-order valence-corrected chi connectivity index (χ4v) is 2.82. The summed E-state index contributed by atoms with van der Waals surface area (Å²) in [5.74, 6) is 0.877. The van der Waals surface area contributed by atoms with Crippen LogP contribution in [-0.4, -0.2) is 18.6 Å². The van der Waals surface area contributed by atoms with Crippen LogP contribution in [0.5, 0.6) is 5.75 Å². The van der Waals surface area contributed by atoms with Gasteiger partial charge in [0.15, 0.2) is 0 Å². The Morgan fingerprint density at radius 1 is 1.44 bits per heavy atom. The lowest BCUT2D eigenvalue weighted by molar-refractivity contribution is 0.341. The van der Waals surface area contributed by atoms with Gasteiger partial charge in [0, 0.05) is 22.0 Å². The van der Waals surface area contributed by atoms with E-state index in [0.29, 0.717) is 6.61 Å². The second kappa shape index (κ2) is 6.31. The highest BCUT2D eigenvalue weighted by Gasteiger charge is 2.10. The highest BCUT2D eigenvalue weighted by Crippen LogP contribution is 2.33. The van der Waals surface area contributed by atoms with E-state index in [4.69, 9.17) is 4.74 Å². The number of hydrogen-bond acceptors (Lipinski definition) is 4. The molecule has 0 saturated heterocycles. The van der Waals surface area contributed by atoms with E-state index in [1.54, 1.807) is 11.3 Å². The number of halogens is 1. The lowest BCUT2D eigenvalue weighted by Gasteiger charge is -2.08. The van der Waals surface area contributed by atoms with Crippen LogP contribution >= 0.6 is 27.3 Å². The lowest BCUT2D eigenvalue weighted by atomic mass is 10.1. The van der Waals surface area contributed by atoms with Crippen molar-refractivity contribution in [3.63, 3.8) is 0 Å². The van der Waals surface area contributed by atoms with Crippen molar-refractivity contribution in [3.05, 3.63) is 33.1 Å². The van der Waals surface area contributed by atoms with Gasteiger partial charge in [-0.1, -0.05) is 15.9 Å². The van der Waals surface area contributed by atoms with Crippen molar-refractivity contribution in [2.24, 2.45) is 0 Å². The van der Waals surface area contributed by atoms with Crippen LogP contribution in [0.3, 0.4) is 0 Å². The molecule has 1 heterocycles. The molecule has 0 spiro atoms. The topological polar surface area (TPSA) is 34.1 Å². The van der Waals surface area contributed by atoms with Crippen LogP contribution in [0.2, 0.25) is 0 Å². The summed E-state index contributed by atoms with van der Waals surface area (Å²) in [6.45, 7) is 3.43. The first-order chi connectivity index (χ1) is 8.74. The molecule has 3 nitrogen and oxygen atoms in total. The molecule has 1 aromatic heterocycles. The van der Waals surface area contributed by atoms with Gasteiger partial charge in [0.05, 0.1) is 12.3 Å². The van der Waals surface area contributed by atoms with Crippen LogP contribution in [0.1, 0.15) is 11.9 Å². The summed E-state index contributed by atoms with van der Waals surface area (Å²) in [5, 5.41) is 6.25. The largest absolute Gasteiger partial charge is 0.493 e. The molecule has 0 fully saturated rings. The molecule has 0 amide bonds. The van der Waals surface area contributed by atoms with E-state index in [1.165, 1.54) is 0 Å². The smallest absolute Gasteiger partial charge is 0.128 e. The Morgan fingerprint density at radius 3 is 3.00 bits per heavy atom. The molecule has 0 saturated carbocycles. The zero-order valence-corrected chi connectivity index (χ0v) is 12.8. The molecule has 0 bridgehead atoms. The summed E-state index contributed by atoms with van der Waals surface area (Å²) < 4.78 is 6.68. The molecular formula is C13H15BrN2OS. The maximum absolute atomic E-state index is 5.64. The summed E-state index contributed by atoms with van der Waals surface area (Å²) >= 11 is 5.15. The van der Waals surface area contributed by atoms with Crippen molar-refractivity contribution in [2.75, 3.05) is 13.7 Å². The average molecular weight is 327 g/mol. The molecule has 0 aliphatic carbocycles. The number of rotatable bonds is 5. The van der Waals surface area contributed by atoms with Crippen molar-refractivity contribution < 1.29 is 4.74 Å². The van der Waals surface area contributed by atoms with Gasteiger partial charge in [0.25, 0.3) is 0 Å². The second-order valence-corrected chi connectivity index (χ2v) is 5.59. The van der Waals surface area contributed by atoms with Gasteiger partial charge in [0.2, 0.25) is 0 Å². The number of ether oxygens (including phenoxy) is 1. The van der Waals surface area contributed by atoms with Crippen molar-refractivity contribution in [1.29, 1.82) is 0 Å². The SMILES string of the molecule is CCOc1ccc(Br)cc1-c1csc(CNC)n1. The van der Waals surface area contributed by atoms with Crippen LogP contribution in [-0.2, 0) is 6.54 Å². The fourth-order valence-electron chi connectivity index (χ4n) is 1.65. The average Bonchev–Trinajstić information content (AvgIpc) is 2.81. The van der Waals surface area contributed by atoms with Crippen molar-refractivity contribution in [1.82, 2.24) is 10.3 Å². The minimum Gasteiger partial charge on any atom is -0.493 e. The summed E-state index contributed by atoms with van der Waals surface area (Å²) in [6.07, 6.45) is 0. The van der Waals surface area contributed by atoms with Gasteiger partial charge in [0.1, 0.15) is 10.8 Å². The number of thiazole rings is 1. The third kappa shape index (κ3) is 3.10. The molecule has 0 unspecified atom stereocenters. The van der Waals surface area contributed by atoms with E-state index in [0.717, 1.165) is 33.0 Å². The fraction of sp³-hybridized carbons (Fsp3) is 0.308. The minimum atomic E-state index is 0.655. The molecule has 1 aromatic carbocycles. The third-order valence-electron chi connectivity index (χ3n) is 2.40. The number of nitrogens with zero attached hydrogens (tertiary/aromatic N) is 1. The summed E-state index contributed by atoms with van der Waals surface area (Å²) in [6, 6.07) is 6.00. The number of nitrogens with one attached hydrogen (secondary N) is 1. The normalized spacial score (nSPS) is 10.6. The molecule has 96 valence electrons. The van der Waals surface area contributed by atoms with E-state index in [1.807, 2.05) is 32.2 Å². The van der Waals surface area contributed by atoms with Gasteiger partial charge in [-0.05, 0) is 32.2 Å². The van der Waals surface area contributed by atoms with Gasteiger partial charge in [-0.2, -0.15) is 0 Å². The maximum atomic E-state index is 5.64. The predicted molar refractivity (Wildman–Crippen MR) is 79.2 cm³/mol. The van der Waals surface area contributed by atoms with E-state index in [9.17, 15) is 0 Å². The Kier molecular flexibility index (Phi) is 4.74. The first-order valence-corrected chi connectivity index (χ1v) is 7.43. The van der Waals surface area contributed by atoms with E-state index in [2.05, 4.69) is 31.6 Å². The van der Waals surface area contributed by atoms with Gasteiger partial charge in [-0.3, -0.25) is 0 Å². The van der Waals surface area contributed by atoms with Gasteiger partial charge in [-0.15, -0.1) is 11.3 Å². The molecule has 2 rings (SSSR count). The summed E-state index contributed by atoms with van der Waals surface area (Å²) in [4.78, 5) is 4.61. The van der Waals surface area contributed by atoms with E-state index >= 15 is 0 Å². The highest BCUT2D eigenvalue weighted by atomic mass is 79.9. The van der Waals surface area contributed by atoms with Crippen LogP contribution in [0.15, 0.2) is 28.1 Å². The van der Waals surface area contributed by atoms with Crippen LogP contribution in [0, 0.1) is 0 Å². The molecule has 0 aliphatic rings. The Balaban J connectivity index is 2.37. The first kappa shape index (κ1) is 13.5. The molecule has 0 aliphatic heterocycles. The van der Waals surface area contributed by atoms with Crippen LogP contribution < -0.4 is 10.1 Å². The Morgan fingerprint density at radius 2 is 2.28 bits per heavy atom. The van der Waals surface area contributed by atoms with Crippen LogP contribution in [0.25, 0.3) is 11.3 Å². The zero-order valence-electron chi connectivity index (χ0n) is 10.4. The lowest BCUT2D eigenvalue weighted by Crippen LogP contribution is -2.04. The molecule has 0 radical (unpaired) electrons. The molecule has 1 N–H and O–H groups in total. The van der Waals surface area contributed by atoms with Gasteiger partial charge in [-0.25, -0.2) is 4.98 Å². The molecule has 5 heteroatoms. The quantitative estimate of drug-likeness (QED) is 0.909. The predicted octanol–water partition coefficient (Wildman–Crippen LogP) is 3.69. The number of hydrogen-bond donors (Lipinski definition) is 1. The molecule has 18 heavy (non-hydrogen) atoms. The molecular weight excluding hydrogens is 312 g/mol. The van der Waals surface area contributed by atoms with Crippen LogP contribution in [0.4, 0.5) is 0 Å². The molecule has 0 atom stereocenters. The monoisotopic (exact) mass is 326 g/mol. The third-order valence-corrected chi connectivity index (χ3v) is 3.74. The number of benzene rings is 1.